The maximum Gasteiger partial charge on any atom is 0.418 e. The number of hydrogen-bond donors (Lipinski definition) is 2. The SMILES string of the molecule is CCN(C1CCC1)[C@H](C(N)=O)C(=O)Nc1ccc(N2CCOCC2=O)cc1C(F)(F)F. The summed E-state index contributed by atoms with van der Waals surface area (Å²) in [6, 6.07) is 1.82. The predicted octanol–water partition coefficient (Wildman–Crippen LogP) is 1.74. The third-order valence-corrected chi connectivity index (χ3v) is 5.62. The predicted molar refractivity (Wildman–Crippen MR) is 106 cm³/mol. The van der Waals surface area contributed by atoms with Crippen LogP contribution in [0.5, 0.6) is 0 Å². The average molecular weight is 442 g/mol. The van der Waals surface area contributed by atoms with Crippen LogP contribution in [0.25, 0.3) is 0 Å². The summed E-state index contributed by atoms with van der Waals surface area (Å²) >= 11 is 0. The maximum absolute atomic E-state index is 13.7. The largest absolute Gasteiger partial charge is 0.418 e. The zero-order chi connectivity index (χ0) is 22.8. The molecule has 1 aromatic carbocycles. The molecule has 1 heterocycles. The van der Waals surface area contributed by atoms with E-state index in [1.807, 2.05) is 0 Å². The summed E-state index contributed by atoms with van der Waals surface area (Å²) in [6.07, 6.45) is -2.26. The van der Waals surface area contributed by atoms with Crippen LogP contribution in [0.2, 0.25) is 0 Å². The Morgan fingerprint density at radius 3 is 2.58 bits per heavy atom. The summed E-state index contributed by atoms with van der Waals surface area (Å²) in [7, 11) is 0. The van der Waals surface area contributed by atoms with Crippen molar-refractivity contribution in [3.8, 4) is 0 Å². The monoisotopic (exact) mass is 442 g/mol. The van der Waals surface area contributed by atoms with Crippen molar-refractivity contribution in [2.45, 2.75) is 44.4 Å². The summed E-state index contributed by atoms with van der Waals surface area (Å²) in [5.41, 5.74) is 3.86. The maximum atomic E-state index is 13.7. The molecule has 1 saturated heterocycles. The van der Waals surface area contributed by atoms with Gasteiger partial charge >= 0.3 is 6.18 Å². The molecule has 2 fully saturated rings. The number of benzene rings is 1. The molecule has 3 rings (SSSR count). The molecule has 11 heteroatoms. The number of nitrogens with one attached hydrogen (secondary N) is 1. The van der Waals surface area contributed by atoms with Crippen LogP contribution >= 0.6 is 0 Å². The van der Waals surface area contributed by atoms with E-state index < -0.39 is 41.2 Å². The lowest BCUT2D eigenvalue weighted by atomic mass is 9.90. The van der Waals surface area contributed by atoms with Crippen LogP contribution < -0.4 is 16.0 Å². The Labute approximate surface area is 177 Å². The van der Waals surface area contributed by atoms with Crippen LogP contribution in [0.3, 0.4) is 0 Å². The summed E-state index contributed by atoms with van der Waals surface area (Å²) < 4.78 is 46.2. The van der Waals surface area contributed by atoms with Crippen molar-refractivity contribution in [1.82, 2.24) is 4.90 Å². The Bertz CT molecular complexity index is 857. The van der Waals surface area contributed by atoms with Crippen molar-refractivity contribution in [2.24, 2.45) is 5.73 Å². The molecule has 0 aromatic heterocycles. The molecule has 1 aliphatic heterocycles. The molecule has 3 N–H and O–H groups in total. The normalized spacial score (nSPS) is 18.6. The van der Waals surface area contributed by atoms with Crippen molar-refractivity contribution in [1.29, 1.82) is 0 Å². The molecule has 1 saturated carbocycles. The molecule has 0 spiro atoms. The van der Waals surface area contributed by atoms with E-state index in [-0.39, 0.29) is 31.5 Å². The van der Waals surface area contributed by atoms with Crippen LogP contribution in [0.4, 0.5) is 24.5 Å². The first-order valence-electron chi connectivity index (χ1n) is 10.1. The number of carbonyl (C=O) groups excluding carboxylic acids is 3. The zero-order valence-corrected chi connectivity index (χ0v) is 17.1. The van der Waals surface area contributed by atoms with Crippen molar-refractivity contribution in [3.05, 3.63) is 23.8 Å². The quantitative estimate of drug-likeness (QED) is 0.626. The smallest absolute Gasteiger partial charge is 0.370 e. The molecule has 0 unspecified atom stereocenters. The van der Waals surface area contributed by atoms with E-state index in [4.69, 9.17) is 10.5 Å². The highest BCUT2D eigenvalue weighted by atomic mass is 19.4. The highest BCUT2D eigenvalue weighted by Gasteiger charge is 2.39. The lowest BCUT2D eigenvalue weighted by Gasteiger charge is -2.40. The van der Waals surface area contributed by atoms with Gasteiger partial charge in [-0.05, 0) is 37.6 Å². The molecular weight excluding hydrogens is 417 g/mol. The molecule has 31 heavy (non-hydrogen) atoms. The van der Waals surface area contributed by atoms with Gasteiger partial charge < -0.3 is 20.7 Å². The fourth-order valence-electron chi connectivity index (χ4n) is 3.85. The number of likely N-dealkylation sites (N-methyl/N-ethyl adjacent to an activating group) is 1. The third-order valence-electron chi connectivity index (χ3n) is 5.62. The van der Waals surface area contributed by atoms with E-state index >= 15 is 0 Å². The molecule has 8 nitrogen and oxygen atoms in total. The first-order valence-corrected chi connectivity index (χ1v) is 10.1. The first kappa shape index (κ1) is 23.0. The molecular formula is C20H25F3N4O4. The van der Waals surface area contributed by atoms with Gasteiger partial charge in [-0.3, -0.25) is 19.3 Å². The number of morpholine rings is 1. The number of nitrogens with two attached hydrogens (primary N) is 1. The van der Waals surface area contributed by atoms with E-state index in [9.17, 15) is 27.6 Å². The average Bonchev–Trinajstić information content (AvgIpc) is 2.65. The van der Waals surface area contributed by atoms with E-state index in [2.05, 4.69) is 5.32 Å². The van der Waals surface area contributed by atoms with Gasteiger partial charge in [0.05, 0.1) is 17.9 Å². The Hall–Kier alpha value is -2.66. The van der Waals surface area contributed by atoms with E-state index in [1.54, 1.807) is 11.8 Å². The lowest BCUT2D eigenvalue weighted by molar-refractivity contribution is -0.137. The number of amides is 3. The second-order valence-corrected chi connectivity index (χ2v) is 7.53. The number of carbonyl (C=O) groups is 3. The summed E-state index contributed by atoms with van der Waals surface area (Å²) in [5, 5.41) is 2.23. The number of rotatable bonds is 7. The summed E-state index contributed by atoms with van der Waals surface area (Å²) in [4.78, 5) is 39.6. The zero-order valence-electron chi connectivity index (χ0n) is 17.1. The van der Waals surface area contributed by atoms with Gasteiger partial charge in [0.15, 0.2) is 6.04 Å². The standard InChI is InChI=1S/C20H25F3N4O4/c1-2-26(12-4-3-5-12)17(18(24)29)19(30)25-15-7-6-13(10-14(15)20(21,22)23)27-8-9-31-11-16(27)28/h6-7,10,12,17H,2-5,8-9,11H2,1H3,(H2,24,29)(H,25,30)/t17-/m1/s1. The number of ether oxygens (including phenoxy) is 1. The number of nitrogens with zero attached hydrogens (tertiary/aromatic N) is 2. The molecule has 1 aliphatic carbocycles. The minimum absolute atomic E-state index is 0.00922. The molecule has 170 valence electrons. The second kappa shape index (κ2) is 9.23. The van der Waals surface area contributed by atoms with Gasteiger partial charge in [0.25, 0.3) is 11.8 Å². The second-order valence-electron chi connectivity index (χ2n) is 7.53. The fraction of sp³-hybridized carbons (Fsp3) is 0.550. The lowest BCUT2D eigenvalue weighted by Crippen LogP contribution is -2.57. The van der Waals surface area contributed by atoms with Crippen LogP contribution in [0.15, 0.2) is 18.2 Å². The molecule has 0 bridgehead atoms. The topological polar surface area (TPSA) is 105 Å². The van der Waals surface area contributed by atoms with Crippen molar-refractivity contribution in [2.75, 3.05) is 36.5 Å². The highest BCUT2D eigenvalue weighted by molar-refractivity contribution is 6.10. The molecule has 0 radical (unpaired) electrons. The molecule has 1 atom stereocenters. The Kier molecular flexibility index (Phi) is 6.85. The van der Waals surface area contributed by atoms with Gasteiger partial charge in [-0.2, -0.15) is 13.2 Å². The molecule has 1 aromatic rings. The van der Waals surface area contributed by atoms with Crippen molar-refractivity contribution < 1.29 is 32.3 Å². The number of primary amides is 1. The minimum Gasteiger partial charge on any atom is -0.370 e. The van der Waals surface area contributed by atoms with E-state index in [0.717, 1.165) is 31.4 Å². The van der Waals surface area contributed by atoms with Gasteiger partial charge in [-0.15, -0.1) is 0 Å². The van der Waals surface area contributed by atoms with Crippen molar-refractivity contribution in [3.63, 3.8) is 0 Å². The van der Waals surface area contributed by atoms with E-state index in [1.165, 1.54) is 11.0 Å². The fourth-order valence-corrected chi connectivity index (χ4v) is 3.85. The summed E-state index contributed by atoms with van der Waals surface area (Å²) in [6.45, 7) is 2.24. The first-order chi connectivity index (χ1) is 14.6. The van der Waals surface area contributed by atoms with Gasteiger partial charge in [-0.25, -0.2) is 0 Å². The van der Waals surface area contributed by atoms with E-state index in [0.29, 0.717) is 6.54 Å². The van der Waals surface area contributed by atoms with Gasteiger partial charge in [0, 0.05) is 18.3 Å². The number of hydrogen-bond acceptors (Lipinski definition) is 5. The number of halogens is 3. The van der Waals surface area contributed by atoms with Crippen LogP contribution in [0.1, 0.15) is 31.7 Å². The molecule has 3 amide bonds. The third kappa shape index (κ3) is 4.99. The Morgan fingerprint density at radius 1 is 1.35 bits per heavy atom. The Balaban J connectivity index is 1.89. The number of anilines is 2. The molecule has 2 aliphatic rings. The summed E-state index contributed by atoms with van der Waals surface area (Å²) in [5.74, 6) is -2.29. The van der Waals surface area contributed by atoms with Gasteiger partial charge in [0.2, 0.25) is 5.91 Å². The van der Waals surface area contributed by atoms with Gasteiger partial charge in [0.1, 0.15) is 6.61 Å². The van der Waals surface area contributed by atoms with Crippen LogP contribution in [-0.4, -0.2) is 61.0 Å². The Morgan fingerprint density at radius 2 is 2.06 bits per heavy atom. The minimum atomic E-state index is -4.80. The van der Waals surface area contributed by atoms with Crippen molar-refractivity contribution >= 4 is 29.1 Å². The van der Waals surface area contributed by atoms with Crippen LogP contribution in [-0.2, 0) is 25.3 Å². The highest BCUT2D eigenvalue weighted by Crippen LogP contribution is 2.38. The van der Waals surface area contributed by atoms with Crippen LogP contribution in [0, 0.1) is 0 Å². The number of alkyl halides is 3. The van der Waals surface area contributed by atoms with Gasteiger partial charge in [-0.1, -0.05) is 13.3 Å².